The van der Waals surface area contributed by atoms with Crippen molar-refractivity contribution in [3.8, 4) is 0 Å². The number of benzene rings is 1. The monoisotopic (exact) mass is 354 g/mol. The van der Waals surface area contributed by atoms with Gasteiger partial charge in [-0.05, 0) is 29.5 Å². The van der Waals surface area contributed by atoms with Gasteiger partial charge in [-0.1, -0.05) is 48.8 Å². The van der Waals surface area contributed by atoms with Gasteiger partial charge in [-0.3, -0.25) is 0 Å². The topological polar surface area (TPSA) is 66.6 Å². The third-order valence-electron chi connectivity index (χ3n) is 4.50. The fourth-order valence-corrected chi connectivity index (χ4v) is 3.71. The summed E-state index contributed by atoms with van der Waals surface area (Å²) in [7, 11) is 0. The van der Waals surface area contributed by atoms with Crippen LogP contribution in [0.1, 0.15) is 32.8 Å². The van der Waals surface area contributed by atoms with Gasteiger partial charge in [0.2, 0.25) is 0 Å². The first-order valence-corrected chi connectivity index (χ1v) is 7.96. The van der Waals surface area contributed by atoms with Crippen LogP contribution in [0.3, 0.4) is 0 Å². The highest BCUT2D eigenvalue weighted by atomic mass is 79.9. The van der Waals surface area contributed by atoms with Crippen molar-refractivity contribution in [2.24, 2.45) is 17.1 Å². The second-order valence-corrected chi connectivity index (χ2v) is 7.86. The number of amides is 1. The number of likely N-dealkylation sites (tertiary alicyclic amines) is 1. The number of rotatable bonds is 1. The minimum Gasteiger partial charge on any atom is -0.465 e. The first-order valence-electron chi connectivity index (χ1n) is 7.17. The van der Waals surface area contributed by atoms with Crippen molar-refractivity contribution in [1.82, 2.24) is 4.90 Å². The van der Waals surface area contributed by atoms with E-state index < -0.39 is 11.6 Å². The predicted octanol–water partition coefficient (Wildman–Crippen LogP) is 3.65. The van der Waals surface area contributed by atoms with Crippen molar-refractivity contribution in [3.63, 3.8) is 0 Å². The molecule has 1 aromatic carbocycles. The normalized spacial score (nSPS) is 26.7. The number of carboxylic acid groups (broad SMARTS) is 1. The van der Waals surface area contributed by atoms with E-state index in [4.69, 9.17) is 5.73 Å². The summed E-state index contributed by atoms with van der Waals surface area (Å²) in [5, 5.41) is 9.28. The third-order valence-corrected chi connectivity index (χ3v) is 4.99. The highest BCUT2D eigenvalue weighted by molar-refractivity contribution is 9.10. The number of carbonyl (C=O) groups is 1. The Hall–Kier alpha value is -1.07. The molecule has 1 aliphatic rings. The molecule has 1 heterocycles. The minimum absolute atomic E-state index is 0.0594. The molecule has 1 fully saturated rings. The minimum atomic E-state index is -0.861. The summed E-state index contributed by atoms with van der Waals surface area (Å²) in [5.74, 6) is 0.0594. The summed E-state index contributed by atoms with van der Waals surface area (Å²) in [5.41, 5.74) is 7.29. The molecule has 1 saturated heterocycles. The van der Waals surface area contributed by atoms with Crippen LogP contribution >= 0.6 is 15.9 Å². The second kappa shape index (κ2) is 5.61. The van der Waals surface area contributed by atoms with Gasteiger partial charge < -0.3 is 15.7 Å². The van der Waals surface area contributed by atoms with E-state index in [1.807, 2.05) is 18.2 Å². The summed E-state index contributed by atoms with van der Waals surface area (Å²) in [6.45, 7) is 7.33. The van der Waals surface area contributed by atoms with Crippen molar-refractivity contribution in [2.45, 2.75) is 32.7 Å². The molecule has 1 aromatic rings. The number of hydrogen-bond acceptors (Lipinski definition) is 2. The Labute approximate surface area is 134 Å². The van der Waals surface area contributed by atoms with Gasteiger partial charge in [0.05, 0.1) is 0 Å². The van der Waals surface area contributed by atoms with Crippen LogP contribution in [0.15, 0.2) is 28.7 Å². The smallest absolute Gasteiger partial charge is 0.407 e. The zero-order chi connectivity index (χ0) is 15.8. The standard InChI is InChI=1S/C16H23BrN2O2/c1-15(2,3)13-10-19(14(20)21)8-7-16(13,18)11-5-4-6-12(17)9-11/h4-6,9,13H,7-8,10,18H2,1-3H3,(H,20,21). The lowest BCUT2D eigenvalue weighted by Gasteiger charge is -2.50. The summed E-state index contributed by atoms with van der Waals surface area (Å²) in [6, 6.07) is 8.05. The van der Waals surface area contributed by atoms with Crippen LogP contribution in [0.5, 0.6) is 0 Å². The molecule has 2 atom stereocenters. The molecule has 0 spiro atoms. The van der Waals surface area contributed by atoms with Crippen molar-refractivity contribution in [2.75, 3.05) is 13.1 Å². The van der Waals surface area contributed by atoms with Gasteiger partial charge in [0.15, 0.2) is 0 Å². The van der Waals surface area contributed by atoms with Gasteiger partial charge in [0.1, 0.15) is 0 Å². The van der Waals surface area contributed by atoms with Crippen molar-refractivity contribution < 1.29 is 9.90 Å². The van der Waals surface area contributed by atoms with E-state index in [1.165, 1.54) is 4.90 Å². The van der Waals surface area contributed by atoms with E-state index >= 15 is 0 Å². The Balaban J connectivity index is 2.43. The summed E-state index contributed by atoms with van der Waals surface area (Å²) >= 11 is 3.50. The lowest BCUT2D eigenvalue weighted by molar-refractivity contribution is 0.0269. The SMILES string of the molecule is CC(C)(C)C1CN(C(=O)O)CCC1(N)c1cccc(Br)c1. The predicted molar refractivity (Wildman–Crippen MR) is 87.2 cm³/mol. The number of piperidine rings is 1. The van der Waals surface area contributed by atoms with E-state index in [2.05, 4.69) is 42.8 Å². The van der Waals surface area contributed by atoms with Gasteiger partial charge in [-0.2, -0.15) is 0 Å². The maximum atomic E-state index is 11.3. The molecule has 0 aromatic heterocycles. The Morgan fingerprint density at radius 2 is 2.14 bits per heavy atom. The van der Waals surface area contributed by atoms with E-state index in [9.17, 15) is 9.90 Å². The van der Waals surface area contributed by atoms with Gasteiger partial charge in [0, 0.05) is 29.0 Å². The molecule has 5 heteroatoms. The molecule has 1 aliphatic heterocycles. The van der Waals surface area contributed by atoms with Crippen molar-refractivity contribution in [1.29, 1.82) is 0 Å². The van der Waals surface area contributed by atoms with Crippen LogP contribution in [0, 0.1) is 11.3 Å². The average molecular weight is 355 g/mol. The Morgan fingerprint density at radius 3 is 2.67 bits per heavy atom. The van der Waals surface area contributed by atoms with Gasteiger partial charge >= 0.3 is 6.09 Å². The van der Waals surface area contributed by atoms with Crippen LogP contribution in [0.25, 0.3) is 0 Å². The summed E-state index contributed by atoms with van der Waals surface area (Å²) < 4.78 is 0.998. The molecule has 0 aliphatic carbocycles. The quantitative estimate of drug-likeness (QED) is 0.808. The van der Waals surface area contributed by atoms with E-state index in [-0.39, 0.29) is 11.3 Å². The molecule has 4 nitrogen and oxygen atoms in total. The van der Waals surface area contributed by atoms with E-state index in [0.717, 1.165) is 10.0 Å². The molecule has 116 valence electrons. The molecule has 2 rings (SSSR count). The fraction of sp³-hybridized carbons (Fsp3) is 0.562. The zero-order valence-corrected chi connectivity index (χ0v) is 14.4. The maximum absolute atomic E-state index is 11.3. The third kappa shape index (κ3) is 3.24. The average Bonchev–Trinajstić information content (AvgIpc) is 2.37. The molecule has 0 radical (unpaired) electrons. The molecule has 0 saturated carbocycles. The van der Waals surface area contributed by atoms with E-state index in [1.54, 1.807) is 0 Å². The molecular formula is C16H23BrN2O2. The summed E-state index contributed by atoms with van der Waals surface area (Å²) in [6.07, 6.45) is -0.224. The molecule has 21 heavy (non-hydrogen) atoms. The number of nitrogens with zero attached hydrogens (tertiary/aromatic N) is 1. The second-order valence-electron chi connectivity index (χ2n) is 6.95. The lowest BCUT2D eigenvalue weighted by Crippen LogP contribution is -2.59. The maximum Gasteiger partial charge on any atom is 0.407 e. The molecule has 0 bridgehead atoms. The Morgan fingerprint density at radius 1 is 1.48 bits per heavy atom. The fourth-order valence-electron chi connectivity index (χ4n) is 3.31. The Kier molecular flexibility index (Phi) is 4.36. The van der Waals surface area contributed by atoms with Gasteiger partial charge in [-0.25, -0.2) is 4.79 Å². The van der Waals surface area contributed by atoms with Crippen LogP contribution in [0.4, 0.5) is 4.79 Å². The Bertz CT molecular complexity index is 541. The van der Waals surface area contributed by atoms with E-state index in [0.29, 0.717) is 19.5 Å². The van der Waals surface area contributed by atoms with Crippen LogP contribution in [0.2, 0.25) is 0 Å². The molecule has 1 amide bonds. The van der Waals surface area contributed by atoms with Gasteiger partial charge in [0.25, 0.3) is 0 Å². The number of nitrogens with two attached hydrogens (primary N) is 1. The van der Waals surface area contributed by atoms with Crippen molar-refractivity contribution >= 4 is 22.0 Å². The van der Waals surface area contributed by atoms with Crippen LogP contribution < -0.4 is 5.73 Å². The molecular weight excluding hydrogens is 332 g/mol. The van der Waals surface area contributed by atoms with Crippen LogP contribution in [-0.4, -0.2) is 29.2 Å². The zero-order valence-electron chi connectivity index (χ0n) is 12.8. The summed E-state index contributed by atoms with van der Waals surface area (Å²) in [4.78, 5) is 12.8. The van der Waals surface area contributed by atoms with Gasteiger partial charge in [-0.15, -0.1) is 0 Å². The number of halogens is 1. The van der Waals surface area contributed by atoms with Crippen molar-refractivity contribution in [3.05, 3.63) is 34.3 Å². The lowest BCUT2D eigenvalue weighted by atomic mass is 9.63. The highest BCUT2D eigenvalue weighted by Gasteiger charge is 2.47. The van der Waals surface area contributed by atoms with Crippen LogP contribution in [-0.2, 0) is 5.54 Å². The first kappa shape index (κ1) is 16.3. The molecule has 2 unspecified atom stereocenters. The number of hydrogen-bond donors (Lipinski definition) is 2. The first-order chi connectivity index (χ1) is 9.64. The molecule has 3 N–H and O–H groups in total. The highest BCUT2D eigenvalue weighted by Crippen LogP contribution is 2.44. The largest absolute Gasteiger partial charge is 0.465 e.